The lowest BCUT2D eigenvalue weighted by atomic mass is 10.3. The zero-order valence-electron chi connectivity index (χ0n) is 17.0. The Morgan fingerprint density at radius 3 is 2.59 bits per heavy atom. The number of sulfone groups is 1. The SMILES string of the molecule is COc1ccc(S(=O)(=O)CCC(=O)N(Cc2ccco2)c2nc3c(Cl)cccc3s2)cc1. The summed E-state index contributed by atoms with van der Waals surface area (Å²) in [5, 5.41) is 0.911. The molecule has 0 fully saturated rings. The zero-order valence-corrected chi connectivity index (χ0v) is 19.4. The highest BCUT2D eigenvalue weighted by molar-refractivity contribution is 7.91. The number of rotatable bonds is 8. The first-order valence-electron chi connectivity index (χ1n) is 9.62. The number of nitrogens with zero attached hydrogens (tertiary/aromatic N) is 2. The lowest BCUT2D eigenvalue weighted by Crippen LogP contribution is -2.31. The number of methoxy groups -OCH3 is 1. The molecule has 0 saturated carbocycles. The van der Waals surface area contributed by atoms with Gasteiger partial charge in [-0.2, -0.15) is 0 Å². The fourth-order valence-electron chi connectivity index (χ4n) is 3.10. The predicted molar refractivity (Wildman–Crippen MR) is 124 cm³/mol. The van der Waals surface area contributed by atoms with Gasteiger partial charge >= 0.3 is 0 Å². The van der Waals surface area contributed by atoms with Crippen LogP contribution in [0.4, 0.5) is 5.13 Å². The number of fused-ring (bicyclic) bond motifs is 1. The number of aromatic nitrogens is 1. The Hall–Kier alpha value is -2.88. The fraction of sp³-hybridized carbons (Fsp3) is 0.182. The number of carbonyl (C=O) groups is 1. The van der Waals surface area contributed by atoms with E-state index in [1.807, 2.05) is 12.1 Å². The van der Waals surface area contributed by atoms with Crippen LogP contribution in [0.3, 0.4) is 0 Å². The van der Waals surface area contributed by atoms with Crippen LogP contribution in [0, 0.1) is 0 Å². The number of ether oxygens (including phenoxy) is 1. The number of benzene rings is 2. The van der Waals surface area contributed by atoms with E-state index in [1.165, 1.54) is 41.7 Å². The average molecular weight is 491 g/mol. The summed E-state index contributed by atoms with van der Waals surface area (Å²) in [5.74, 6) is 0.396. The van der Waals surface area contributed by atoms with Crippen LogP contribution in [-0.2, 0) is 21.2 Å². The van der Waals surface area contributed by atoms with Crippen molar-refractivity contribution in [1.29, 1.82) is 0 Å². The third-order valence-corrected chi connectivity index (χ3v) is 7.87. The highest BCUT2D eigenvalue weighted by atomic mass is 35.5. The van der Waals surface area contributed by atoms with Crippen molar-refractivity contribution in [3.63, 3.8) is 0 Å². The Morgan fingerprint density at radius 2 is 1.94 bits per heavy atom. The predicted octanol–water partition coefficient (Wildman–Crippen LogP) is 4.95. The van der Waals surface area contributed by atoms with E-state index in [2.05, 4.69) is 4.98 Å². The molecule has 2 aromatic carbocycles. The molecule has 0 aliphatic carbocycles. The van der Waals surface area contributed by atoms with Gasteiger partial charge in [0.15, 0.2) is 15.0 Å². The van der Waals surface area contributed by atoms with Crippen molar-refractivity contribution in [3.8, 4) is 5.75 Å². The molecule has 7 nitrogen and oxygen atoms in total. The number of carbonyl (C=O) groups excluding carboxylic acids is 1. The number of hydrogen-bond donors (Lipinski definition) is 0. The summed E-state index contributed by atoms with van der Waals surface area (Å²) >= 11 is 7.55. The Morgan fingerprint density at radius 1 is 1.16 bits per heavy atom. The number of halogens is 1. The molecule has 0 N–H and O–H groups in total. The minimum absolute atomic E-state index is 0.131. The minimum Gasteiger partial charge on any atom is -0.497 e. The second kappa shape index (κ2) is 9.32. The van der Waals surface area contributed by atoms with Crippen molar-refractivity contribution < 1.29 is 22.4 Å². The topological polar surface area (TPSA) is 89.7 Å². The van der Waals surface area contributed by atoms with Gasteiger partial charge in [0.1, 0.15) is 17.0 Å². The van der Waals surface area contributed by atoms with Crippen molar-refractivity contribution in [1.82, 2.24) is 4.98 Å². The van der Waals surface area contributed by atoms with Gasteiger partial charge in [-0.25, -0.2) is 13.4 Å². The summed E-state index contributed by atoms with van der Waals surface area (Å²) < 4.78 is 36.8. The molecule has 2 aromatic heterocycles. The Balaban J connectivity index is 1.57. The number of para-hydroxylation sites is 1. The number of amides is 1. The molecule has 166 valence electrons. The quantitative estimate of drug-likeness (QED) is 0.347. The molecule has 4 aromatic rings. The molecule has 32 heavy (non-hydrogen) atoms. The van der Waals surface area contributed by atoms with Crippen molar-refractivity contribution in [2.45, 2.75) is 17.9 Å². The molecule has 0 bridgehead atoms. The van der Waals surface area contributed by atoms with E-state index >= 15 is 0 Å². The summed E-state index contributed by atoms with van der Waals surface area (Å²) in [6.07, 6.45) is 1.31. The van der Waals surface area contributed by atoms with Crippen LogP contribution in [0.25, 0.3) is 10.2 Å². The first-order valence-corrected chi connectivity index (χ1v) is 12.5. The van der Waals surface area contributed by atoms with Gasteiger partial charge in [-0.3, -0.25) is 9.69 Å². The van der Waals surface area contributed by atoms with Crippen LogP contribution in [0.1, 0.15) is 12.2 Å². The smallest absolute Gasteiger partial charge is 0.230 e. The van der Waals surface area contributed by atoms with Crippen LogP contribution >= 0.6 is 22.9 Å². The first kappa shape index (κ1) is 22.3. The highest BCUT2D eigenvalue weighted by Gasteiger charge is 2.24. The van der Waals surface area contributed by atoms with Gasteiger partial charge in [-0.05, 0) is 48.5 Å². The van der Waals surface area contributed by atoms with Crippen molar-refractivity contribution in [3.05, 3.63) is 71.6 Å². The monoisotopic (exact) mass is 490 g/mol. The Labute approximate surface area is 194 Å². The lowest BCUT2D eigenvalue weighted by molar-refractivity contribution is -0.118. The molecule has 2 heterocycles. The molecule has 0 aliphatic rings. The molecule has 0 saturated heterocycles. The highest BCUT2D eigenvalue weighted by Crippen LogP contribution is 2.34. The summed E-state index contributed by atoms with van der Waals surface area (Å²) in [7, 11) is -2.15. The third-order valence-electron chi connectivity index (χ3n) is 4.79. The molecular weight excluding hydrogens is 472 g/mol. The summed E-state index contributed by atoms with van der Waals surface area (Å²) in [6.45, 7) is 0.131. The summed E-state index contributed by atoms with van der Waals surface area (Å²) in [6, 6.07) is 15.0. The zero-order chi connectivity index (χ0) is 22.7. The second-order valence-corrected chi connectivity index (χ2v) is 10.4. The Kier molecular flexibility index (Phi) is 6.50. The van der Waals surface area contributed by atoms with Crippen molar-refractivity contribution in [2.75, 3.05) is 17.8 Å². The van der Waals surface area contributed by atoms with E-state index in [4.69, 9.17) is 20.8 Å². The van der Waals surface area contributed by atoms with Gasteiger partial charge in [0.2, 0.25) is 5.91 Å². The molecule has 0 unspecified atom stereocenters. The van der Waals surface area contributed by atoms with E-state index in [9.17, 15) is 13.2 Å². The normalized spacial score (nSPS) is 11.6. The molecule has 10 heteroatoms. The molecule has 0 atom stereocenters. The number of furan rings is 1. The minimum atomic E-state index is -3.65. The largest absolute Gasteiger partial charge is 0.497 e. The second-order valence-electron chi connectivity index (χ2n) is 6.89. The van der Waals surface area contributed by atoms with Crippen molar-refractivity contribution in [2.24, 2.45) is 0 Å². The molecule has 0 spiro atoms. The molecule has 4 rings (SSSR count). The molecule has 0 radical (unpaired) electrons. The van der Waals surface area contributed by atoms with Gasteiger partial charge in [0.25, 0.3) is 0 Å². The fourth-order valence-corrected chi connectivity index (χ4v) is 5.61. The van der Waals surface area contributed by atoms with Gasteiger partial charge in [-0.1, -0.05) is 29.0 Å². The van der Waals surface area contributed by atoms with Crippen LogP contribution in [0.2, 0.25) is 5.02 Å². The summed E-state index contributed by atoms with van der Waals surface area (Å²) in [4.78, 5) is 19.2. The maximum atomic E-state index is 13.1. The van der Waals surface area contributed by atoms with E-state index in [0.717, 1.165) is 4.70 Å². The van der Waals surface area contributed by atoms with E-state index in [-0.39, 0.29) is 29.5 Å². The number of thiazole rings is 1. The van der Waals surface area contributed by atoms with Crippen LogP contribution in [-0.4, -0.2) is 32.2 Å². The van der Waals surface area contributed by atoms with E-state index < -0.39 is 9.84 Å². The maximum absolute atomic E-state index is 13.1. The van der Waals surface area contributed by atoms with Crippen LogP contribution in [0.5, 0.6) is 5.75 Å². The lowest BCUT2D eigenvalue weighted by Gasteiger charge is -2.18. The van der Waals surface area contributed by atoms with Gasteiger partial charge in [0, 0.05) is 6.42 Å². The van der Waals surface area contributed by atoms with Crippen LogP contribution in [0.15, 0.2) is 70.2 Å². The number of anilines is 1. The summed E-state index contributed by atoms with van der Waals surface area (Å²) in [5.41, 5.74) is 0.595. The third kappa shape index (κ3) is 4.79. The average Bonchev–Trinajstić information content (AvgIpc) is 3.46. The molecular formula is C22H19ClN2O5S2. The van der Waals surface area contributed by atoms with E-state index in [1.54, 1.807) is 30.3 Å². The number of hydrogen-bond acceptors (Lipinski definition) is 7. The van der Waals surface area contributed by atoms with Gasteiger partial charge < -0.3 is 9.15 Å². The maximum Gasteiger partial charge on any atom is 0.230 e. The van der Waals surface area contributed by atoms with Crippen molar-refractivity contribution >= 4 is 54.0 Å². The van der Waals surface area contributed by atoms with Gasteiger partial charge in [0.05, 0.1) is 40.3 Å². The van der Waals surface area contributed by atoms with Gasteiger partial charge in [-0.15, -0.1) is 0 Å². The van der Waals surface area contributed by atoms with Crippen LogP contribution < -0.4 is 9.64 Å². The molecule has 0 aliphatic heterocycles. The standard InChI is InChI=1S/C22H19ClN2O5S2/c1-29-15-7-9-17(10-8-15)32(27,28)13-11-20(26)25(14-16-4-3-12-30-16)22-24-21-18(23)5-2-6-19(21)31-22/h2-10,12H,11,13-14H2,1H3. The Bertz CT molecular complexity index is 1330. The van der Waals surface area contributed by atoms with E-state index in [0.29, 0.717) is 27.2 Å². The molecule has 1 amide bonds. The first-order chi connectivity index (χ1) is 15.4.